The first-order valence-corrected chi connectivity index (χ1v) is 7.76. The maximum atomic E-state index is 5.83. The van der Waals surface area contributed by atoms with E-state index in [1.807, 2.05) is 0 Å². The number of ether oxygens (including phenoxy) is 1. The third-order valence-corrected chi connectivity index (χ3v) is 4.38. The van der Waals surface area contributed by atoms with Crippen molar-refractivity contribution in [3.8, 4) is 5.19 Å². The van der Waals surface area contributed by atoms with Gasteiger partial charge in [-0.2, -0.15) is 9.36 Å². The molecule has 2 atom stereocenters. The highest BCUT2D eigenvalue weighted by Gasteiger charge is 2.24. The second kappa shape index (κ2) is 7.04. The van der Waals surface area contributed by atoms with Gasteiger partial charge in [-0.3, -0.25) is 0 Å². The van der Waals surface area contributed by atoms with Gasteiger partial charge >= 0.3 is 0 Å². The molecule has 102 valence electrons. The minimum absolute atomic E-state index is 0.599. The van der Waals surface area contributed by atoms with E-state index in [1.165, 1.54) is 37.2 Å². The van der Waals surface area contributed by atoms with Crippen LogP contribution in [-0.2, 0) is 6.42 Å². The Bertz CT molecular complexity index is 356. The monoisotopic (exact) mass is 269 g/mol. The molecular weight excluding hydrogens is 246 g/mol. The molecule has 4 nitrogen and oxygen atoms in total. The van der Waals surface area contributed by atoms with Crippen molar-refractivity contribution in [3.63, 3.8) is 0 Å². The summed E-state index contributed by atoms with van der Waals surface area (Å²) in [6.45, 7) is 3.67. The topological polar surface area (TPSA) is 61.0 Å². The lowest BCUT2D eigenvalue weighted by molar-refractivity contribution is 0.153. The van der Waals surface area contributed by atoms with Gasteiger partial charge in [-0.1, -0.05) is 19.8 Å². The Morgan fingerprint density at radius 1 is 1.33 bits per heavy atom. The highest BCUT2D eigenvalue weighted by Crippen LogP contribution is 2.30. The van der Waals surface area contributed by atoms with Gasteiger partial charge in [-0.15, -0.1) is 0 Å². The van der Waals surface area contributed by atoms with E-state index in [9.17, 15) is 0 Å². The number of nitrogens with two attached hydrogens (primary N) is 1. The van der Waals surface area contributed by atoms with Gasteiger partial charge in [0.25, 0.3) is 5.19 Å². The van der Waals surface area contributed by atoms with Crippen LogP contribution in [0.25, 0.3) is 0 Å². The summed E-state index contributed by atoms with van der Waals surface area (Å²) < 4.78 is 10.1. The molecule has 0 aromatic carbocycles. The molecule has 18 heavy (non-hydrogen) atoms. The van der Waals surface area contributed by atoms with Crippen LogP contribution in [0.3, 0.4) is 0 Å². The number of aromatic nitrogens is 2. The zero-order valence-corrected chi connectivity index (χ0v) is 11.9. The molecule has 0 spiro atoms. The smallest absolute Gasteiger partial charge is 0.293 e. The van der Waals surface area contributed by atoms with Gasteiger partial charge < -0.3 is 10.5 Å². The number of nitrogens with zero attached hydrogens (tertiary/aromatic N) is 2. The van der Waals surface area contributed by atoms with E-state index < -0.39 is 0 Å². The molecule has 1 saturated carbocycles. The number of hydrogen-bond acceptors (Lipinski definition) is 5. The predicted molar refractivity (Wildman–Crippen MR) is 73.9 cm³/mol. The van der Waals surface area contributed by atoms with Crippen LogP contribution >= 0.6 is 11.5 Å². The van der Waals surface area contributed by atoms with Gasteiger partial charge in [0.1, 0.15) is 5.82 Å². The first kappa shape index (κ1) is 13.7. The third-order valence-electron chi connectivity index (χ3n) is 3.71. The molecule has 1 aliphatic carbocycles. The number of aryl methyl sites for hydroxylation is 1. The van der Waals surface area contributed by atoms with Crippen LogP contribution in [0.2, 0.25) is 0 Å². The molecule has 0 bridgehead atoms. The zero-order chi connectivity index (χ0) is 12.8. The maximum absolute atomic E-state index is 5.83. The second-order valence-corrected chi connectivity index (χ2v) is 5.79. The second-order valence-electron chi connectivity index (χ2n) is 5.08. The summed E-state index contributed by atoms with van der Waals surface area (Å²) in [5, 5.41) is 0.722. The van der Waals surface area contributed by atoms with Crippen molar-refractivity contribution in [3.05, 3.63) is 5.82 Å². The van der Waals surface area contributed by atoms with Crippen LogP contribution < -0.4 is 10.5 Å². The molecule has 1 aromatic rings. The molecule has 2 unspecified atom stereocenters. The summed E-state index contributed by atoms with van der Waals surface area (Å²) in [5.41, 5.74) is 5.83. The summed E-state index contributed by atoms with van der Waals surface area (Å²) in [7, 11) is 0. The first-order chi connectivity index (χ1) is 8.83. The van der Waals surface area contributed by atoms with Crippen LogP contribution in [0.5, 0.6) is 5.19 Å². The van der Waals surface area contributed by atoms with Crippen LogP contribution in [0.4, 0.5) is 0 Å². The lowest BCUT2D eigenvalue weighted by atomic mass is 9.80. The molecular formula is C13H23N3OS. The van der Waals surface area contributed by atoms with Crippen molar-refractivity contribution in [2.75, 3.05) is 13.2 Å². The summed E-state index contributed by atoms with van der Waals surface area (Å²) in [5.74, 6) is 2.14. The van der Waals surface area contributed by atoms with Gasteiger partial charge in [-0.05, 0) is 37.6 Å². The Morgan fingerprint density at radius 2 is 2.11 bits per heavy atom. The number of rotatable bonds is 6. The summed E-state index contributed by atoms with van der Waals surface area (Å²) in [6.07, 6.45) is 7.13. The maximum Gasteiger partial charge on any atom is 0.293 e. The first-order valence-electron chi connectivity index (χ1n) is 6.99. The molecule has 1 fully saturated rings. The average Bonchev–Trinajstić information content (AvgIpc) is 2.85. The normalized spacial score (nSPS) is 24.1. The Morgan fingerprint density at radius 3 is 2.83 bits per heavy atom. The molecule has 1 heterocycles. The fraction of sp³-hybridized carbons (Fsp3) is 0.846. The van der Waals surface area contributed by atoms with Gasteiger partial charge in [-0.25, -0.2) is 0 Å². The van der Waals surface area contributed by atoms with Crippen LogP contribution in [0.15, 0.2) is 0 Å². The highest BCUT2D eigenvalue weighted by molar-refractivity contribution is 7.07. The number of hydrogen-bond donors (Lipinski definition) is 1. The lowest BCUT2D eigenvalue weighted by Crippen LogP contribution is -2.30. The van der Waals surface area contributed by atoms with Gasteiger partial charge in [0, 0.05) is 18.0 Å². The van der Waals surface area contributed by atoms with Crippen molar-refractivity contribution in [1.82, 2.24) is 9.36 Å². The molecule has 0 radical (unpaired) electrons. The molecule has 5 heteroatoms. The zero-order valence-electron chi connectivity index (χ0n) is 11.1. The van der Waals surface area contributed by atoms with E-state index in [4.69, 9.17) is 10.5 Å². The molecule has 0 saturated heterocycles. The van der Waals surface area contributed by atoms with E-state index in [2.05, 4.69) is 16.3 Å². The standard InChI is InChI=1S/C13H23N3OS/c1-2-5-12-15-13(18-16-12)17-9-11-7-4-3-6-10(11)8-14/h10-11H,2-9,14H2,1H3. The lowest BCUT2D eigenvalue weighted by Gasteiger charge is -2.29. The van der Waals surface area contributed by atoms with Crippen molar-refractivity contribution in [2.24, 2.45) is 17.6 Å². The molecule has 1 aromatic heterocycles. The highest BCUT2D eigenvalue weighted by atomic mass is 32.1. The van der Waals surface area contributed by atoms with Crippen molar-refractivity contribution >= 4 is 11.5 Å². The summed E-state index contributed by atoms with van der Waals surface area (Å²) in [4.78, 5) is 4.39. The summed E-state index contributed by atoms with van der Waals surface area (Å²) in [6, 6.07) is 0. The molecule has 0 aliphatic heterocycles. The molecule has 2 N–H and O–H groups in total. The van der Waals surface area contributed by atoms with Gasteiger partial charge in [0.15, 0.2) is 0 Å². The minimum Gasteiger partial charge on any atom is -0.469 e. The average molecular weight is 269 g/mol. The largest absolute Gasteiger partial charge is 0.469 e. The van der Waals surface area contributed by atoms with E-state index in [-0.39, 0.29) is 0 Å². The Balaban J connectivity index is 1.81. The van der Waals surface area contributed by atoms with E-state index in [1.54, 1.807) is 0 Å². The van der Waals surface area contributed by atoms with Crippen molar-refractivity contribution < 1.29 is 4.74 Å². The Kier molecular flexibility index (Phi) is 5.38. The van der Waals surface area contributed by atoms with E-state index >= 15 is 0 Å². The van der Waals surface area contributed by atoms with Crippen LogP contribution in [0.1, 0.15) is 44.9 Å². The minimum atomic E-state index is 0.599. The van der Waals surface area contributed by atoms with Crippen LogP contribution in [0, 0.1) is 11.8 Å². The summed E-state index contributed by atoms with van der Waals surface area (Å²) >= 11 is 1.37. The predicted octanol–water partition coefficient (Wildman–Crippen LogP) is 2.63. The van der Waals surface area contributed by atoms with E-state index in [0.717, 1.165) is 37.0 Å². The molecule has 0 amide bonds. The van der Waals surface area contributed by atoms with Crippen molar-refractivity contribution in [2.45, 2.75) is 45.4 Å². The fourth-order valence-electron chi connectivity index (χ4n) is 2.61. The Hall–Kier alpha value is -0.680. The SMILES string of the molecule is CCCc1nsc(OCC2CCCCC2CN)n1. The van der Waals surface area contributed by atoms with Gasteiger partial charge in [0.2, 0.25) is 0 Å². The Labute approximate surface area is 113 Å². The third kappa shape index (κ3) is 3.65. The van der Waals surface area contributed by atoms with Crippen molar-refractivity contribution in [1.29, 1.82) is 0 Å². The van der Waals surface area contributed by atoms with Gasteiger partial charge in [0.05, 0.1) is 6.61 Å². The molecule has 1 aliphatic rings. The molecule has 2 rings (SSSR count). The van der Waals surface area contributed by atoms with E-state index in [0.29, 0.717) is 11.8 Å². The fourth-order valence-corrected chi connectivity index (χ4v) is 3.20. The van der Waals surface area contributed by atoms with Crippen LogP contribution in [-0.4, -0.2) is 22.5 Å². The quantitative estimate of drug-likeness (QED) is 0.862.